The molecule has 3 fully saturated rings. The predicted octanol–water partition coefficient (Wildman–Crippen LogP) is 5.53. The van der Waals surface area contributed by atoms with Crippen molar-refractivity contribution in [2.24, 2.45) is 0 Å². The molecular weight excluding hydrogens is 696 g/mol. The number of nitrogens with zero attached hydrogens (tertiary/aromatic N) is 4. The first-order chi connectivity index (χ1) is 25.6. The number of fused-ring (bicyclic) bond motifs is 2. The van der Waals surface area contributed by atoms with E-state index in [9.17, 15) is 24.0 Å². The van der Waals surface area contributed by atoms with Crippen molar-refractivity contribution in [1.82, 2.24) is 20.1 Å². The lowest BCUT2D eigenvalue weighted by Gasteiger charge is -2.34. The monoisotopic (exact) mass is 732 g/mol. The normalized spacial score (nSPS) is 22.1. The summed E-state index contributed by atoms with van der Waals surface area (Å²) in [6.45, 7) is 1.66. The molecule has 0 radical (unpaired) electrons. The van der Waals surface area contributed by atoms with E-state index in [0.29, 0.717) is 21.9 Å². The molecule has 12 nitrogen and oxygen atoms in total. The molecule has 0 bridgehead atoms. The molecular formula is C40H37ClN6O6. The standard InChI is InChI=1S/C40H37ClN6O6/c41-34-19-31(8-3-24(34)20-42)53-30-9-4-27(5-10-30)43-37(49)23-1-6-28(7-2-23)45-15-13-29(14-16-45)46-21-25-17-32-33(18-26(25)22-46)40(52)47(39(32)51)35-11-12-36(48)44-38(35)50/h1-3,6-8,17-19,21-22,27,29-30,35H,4-5,9-16H2,(H,43,49)(H,44,48,50). The molecule has 8 rings (SSSR count). The molecule has 0 spiro atoms. The van der Waals surface area contributed by atoms with E-state index in [2.05, 4.69) is 26.2 Å². The van der Waals surface area contributed by atoms with E-state index >= 15 is 0 Å². The van der Waals surface area contributed by atoms with Crippen LogP contribution in [0.3, 0.4) is 0 Å². The fraction of sp³-hybridized carbons (Fsp3) is 0.350. The van der Waals surface area contributed by atoms with E-state index < -0.39 is 29.7 Å². The number of ether oxygens (including phenoxy) is 1. The van der Waals surface area contributed by atoms with Crippen molar-refractivity contribution >= 4 is 57.6 Å². The smallest absolute Gasteiger partial charge is 0.262 e. The van der Waals surface area contributed by atoms with Crippen LogP contribution in [0.5, 0.6) is 5.75 Å². The fourth-order valence-corrected chi connectivity index (χ4v) is 8.25. The summed E-state index contributed by atoms with van der Waals surface area (Å²) in [5.41, 5.74) is 2.66. The highest BCUT2D eigenvalue weighted by Crippen LogP contribution is 2.34. The molecule has 2 saturated heterocycles. The SMILES string of the molecule is N#Cc1ccc(OC2CCC(NC(=O)c3ccc(N4CCC(n5cc6cc7c(cc6c5)C(=O)N(C5CCC(=O)NC5=O)C7=O)CC4)cc3)CC2)cc1Cl. The first-order valence-electron chi connectivity index (χ1n) is 18.0. The molecule has 1 aliphatic carbocycles. The van der Waals surface area contributed by atoms with Crippen LogP contribution in [-0.4, -0.2) is 70.3 Å². The predicted molar refractivity (Wildman–Crippen MR) is 196 cm³/mol. The maximum atomic E-state index is 13.3. The number of hydrogen-bond donors (Lipinski definition) is 2. The number of rotatable bonds is 7. The van der Waals surface area contributed by atoms with Gasteiger partial charge < -0.3 is 19.5 Å². The number of piperidine rings is 2. The fourth-order valence-electron chi connectivity index (χ4n) is 8.04. The van der Waals surface area contributed by atoms with Gasteiger partial charge in [-0.2, -0.15) is 5.26 Å². The highest BCUT2D eigenvalue weighted by molar-refractivity contribution is 6.31. The van der Waals surface area contributed by atoms with Crippen LogP contribution in [0.4, 0.5) is 5.69 Å². The lowest BCUT2D eigenvalue weighted by Crippen LogP contribution is -2.54. The molecule has 5 amide bonds. The van der Waals surface area contributed by atoms with Crippen LogP contribution < -0.4 is 20.3 Å². The number of anilines is 1. The van der Waals surface area contributed by atoms with Crippen LogP contribution in [-0.2, 0) is 9.59 Å². The van der Waals surface area contributed by atoms with Crippen LogP contribution >= 0.6 is 11.6 Å². The number of carbonyl (C=O) groups excluding carboxylic acids is 5. The van der Waals surface area contributed by atoms with Crippen molar-refractivity contribution in [2.45, 2.75) is 75.6 Å². The Morgan fingerprint density at radius 3 is 2.11 bits per heavy atom. The largest absolute Gasteiger partial charge is 0.490 e. The summed E-state index contributed by atoms with van der Waals surface area (Å²) in [4.78, 5) is 67.0. The van der Waals surface area contributed by atoms with Crippen LogP contribution in [0.25, 0.3) is 10.8 Å². The maximum absolute atomic E-state index is 13.3. The van der Waals surface area contributed by atoms with Crippen LogP contribution in [0, 0.1) is 11.3 Å². The molecule has 4 heterocycles. The molecule has 1 unspecified atom stereocenters. The lowest BCUT2D eigenvalue weighted by atomic mass is 9.92. The Balaban J connectivity index is 0.830. The van der Waals surface area contributed by atoms with Crippen molar-refractivity contribution < 1.29 is 28.7 Å². The number of aromatic nitrogens is 1. The number of hydrogen-bond acceptors (Lipinski definition) is 8. The Morgan fingerprint density at radius 2 is 1.51 bits per heavy atom. The first-order valence-corrected chi connectivity index (χ1v) is 18.4. The highest BCUT2D eigenvalue weighted by atomic mass is 35.5. The Hall–Kier alpha value is -5.67. The molecule has 1 saturated carbocycles. The Bertz CT molecular complexity index is 2140. The number of imide groups is 2. The van der Waals surface area contributed by atoms with Crippen molar-refractivity contribution in [2.75, 3.05) is 18.0 Å². The number of nitriles is 1. The minimum absolute atomic E-state index is 0.0316. The molecule has 53 heavy (non-hydrogen) atoms. The van der Waals surface area contributed by atoms with E-state index in [0.717, 1.165) is 73.0 Å². The summed E-state index contributed by atoms with van der Waals surface area (Å²) in [5, 5.41) is 16.6. The summed E-state index contributed by atoms with van der Waals surface area (Å²) in [6.07, 6.45) is 9.30. The second-order valence-electron chi connectivity index (χ2n) is 14.3. The average Bonchev–Trinajstić information content (AvgIpc) is 3.69. The van der Waals surface area contributed by atoms with Crippen LogP contribution in [0.15, 0.2) is 67.0 Å². The quantitative estimate of drug-likeness (QED) is 0.235. The number of halogens is 1. The van der Waals surface area contributed by atoms with Crippen LogP contribution in [0.2, 0.25) is 5.02 Å². The second-order valence-corrected chi connectivity index (χ2v) is 14.7. The van der Waals surface area contributed by atoms with Crippen molar-refractivity contribution in [1.29, 1.82) is 5.26 Å². The van der Waals surface area contributed by atoms with Gasteiger partial charge in [-0.15, -0.1) is 0 Å². The van der Waals surface area contributed by atoms with Gasteiger partial charge in [0.25, 0.3) is 17.7 Å². The van der Waals surface area contributed by atoms with Gasteiger partial charge >= 0.3 is 0 Å². The zero-order valence-corrected chi connectivity index (χ0v) is 29.6. The summed E-state index contributed by atoms with van der Waals surface area (Å²) >= 11 is 6.14. The van der Waals surface area contributed by atoms with E-state index in [-0.39, 0.29) is 48.1 Å². The van der Waals surface area contributed by atoms with Crippen molar-refractivity contribution in [3.05, 3.63) is 94.3 Å². The van der Waals surface area contributed by atoms with Gasteiger partial charge in [0.1, 0.15) is 17.9 Å². The van der Waals surface area contributed by atoms with E-state index in [4.69, 9.17) is 21.6 Å². The topological polar surface area (TPSA) is 154 Å². The Kier molecular flexibility index (Phi) is 9.12. The highest BCUT2D eigenvalue weighted by Gasteiger charge is 2.45. The summed E-state index contributed by atoms with van der Waals surface area (Å²) in [5.74, 6) is -1.48. The number of amides is 5. The van der Waals surface area contributed by atoms with Gasteiger partial charge in [-0.25, -0.2) is 0 Å². The minimum Gasteiger partial charge on any atom is -0.490 e. The molecule has 270 valence electrons. The number of nitrogens with one attached hydrogen (secondary N) is 2. The summed E-state index contributed by atoms with van der Waals surface area (Å²) in [6, 6.07) is 17.7. The third-order valence-corrected chi connectivity index (χ3v) is 11.3. The summed E-state index contributed by atoms with van der Waals surface area (Å²) < 4.78 is 8.25. The zero-order valence-electron chi connectivity index (χ0n) is 28.8. The number of benzene rings is 3. The molecule has 4 aliphatic rings. The van der Waals surface area contributed by atoms with Gasteiger partial charge in [0.2, 0.25) is 11.8 Å². The first kappa shape index (κ1) is 34.4. The molecule has 3 aliphatic heterocycles. The van der Waals surface area contributed by atoms with Crippen molar-refractivity contribution in [3.8, 4) is 11.8 Å². The molecule has 1 aromatic heterocycles. The molecule has 2 N–H and O–H groups in total. The molecule has 13 heteroatoms. The average molecular weight is 733 g/mol. The summed E-state index contributed by atoms with van der Waals surface area (Å²) in [7, 11) is 0. The van der Waals surface area contributed by atoms with Gasteiger partial charge in [-0.05, 0) is 93.5 Å². The maximum Gasteiger partial charge on any atom is 0.262 e. The van der Waals surface area contributed by atoms with Crippen molar-refractivity contribution in [3.63, 3.8) is 0 Å². The van der Waals surface area contributed by atoms with Gasteiger partial charge in [0, 0.05) is 72.1 Å². The van der Waals surface area contributed by atoms with Gasteiger partial charge in [-0.1, -0.05) is 11.6 Å². The van der Waals surface area contributed by atoms with Gasteiger partial charge in [0.15, 0.2) is 0 Å². The number of carbonyl (C=O) groups is 5. The van der Waals surface area contributed by atoms with Gasteiger partial charge in [-0.3, -0.25) is 34.2 Å². The molecule has 1 atom stereocenters. The molecule has 4 aromatic rings. The lowest BCUT2D eigenvalue weighted by molar-refractivity contribution is -0.136. The Labute approximate surface area is 310 Å². The minimum atomic E-state index is -0.987. The van der Waals surface area contributed by atoms with Crippen LogP contribution in [0.1, 0.15) is 94.0 Å². The third kappa shape index (κ3) is 6.73. The Morgan fingerprint density at radius 1 is 0.849 bits per heavy atom. The molecule has 3 aromatic carbocycles. The van der Waals surface area contributed by atoms with E-state index in [1.165, 1.54) is 0 Å². The zero-order chi connectivity index (χ0) is 36.8. The van der Waals surface area contributed by atoms with Gasteiger partial charge in [0.05, 0.1) is 27.8 Å². The van der Waals surface area contributed by atoms with E-state index in [1.807, 2.05) is 36.7 Å². The third-order valence-electron chi connectivity index (χ3n) is 11.0. The second kappa shape index (κ2) is 14.0. The van der Waals surface area contributed by atoms with E-state index in [1.54, 1.807) is 30.3 Å².